The van der Waals surface area contributed by atoms with Gasteiger partial charge in [0.1, 0.15) is 11.6 Å². The second kappa shape index (κ2) is 10.3. The molecule has 8 nitrogen and oxygen atoms in total. The number of rotatable bonds is 9. The number of methoxy groups -OCH3 is 1. The number of urea groups is 1. The van der Waals surface area contributed by atoms with Crippen molar-refractivity contribution in [3.05, 3.63) is 36.5 Å². The maximum atomic E-state index is 12.8. The first-order valence-electron chi connectivity index (χ1n) is 8.94. The van der Waals surface area contributed by atoms with Gasteiger partial charge in [0.25, 0.3) is 0 Å². The Hall–Kier alpha value is -2.87. The van der Waals surface area contributed by atoms with Crippen LogP contribution in [0.15, 0.2) is 36.5 Å². The Morgan fingerprint density at radius 3 is 2.59 bits per heavy atom. The van der Waals surface area contributed by atoms with Crippen molar-refractivity contribution in [2.75, 3.05) is 37.1 Å². The molecule has 0 atom stereocenters. The van der Waals surface area contributed by atoms with Gasteiger partial charge in [-0.05, 0) is 45.0 Å². The van der Waals surface area contributed by atoms with E-state index in [1.54, 1.807) is 19.4 Å². The van der Waals surface area contributed by atoms with Crippen LogP contribution in [0.3, 0.4) is 0 Å². The van der Waals surface area contributed by atoms with E-state index in [9.17, 15) is 4.79 Å². The molecular formula is C19H27N5O3. The molecule has 0 aliphatic heterocycles. The monoisotopic (exact) mass is 373 g/mol. The molecule has 0 unspecified atom stereocenters. The van der Waals surface area contributed by atoms with Crippen LogP contribution in [0.1, 0.15) is 20.8 Å². The third kappa shape index (κ3) is 6.10. The number of nitrogens with one attached hydrogen (secondary N) is 2. The highest BCUT2D eigenvalue weighted by atomic mass is 16.5. The van der Waals surface area contributed by atoms with Crippen LogP contribution in [0.5, 0.6) is 5.75 Å². The topological polar surface area (TPSA) is 88.6 Å². The molecule has 8 heteroatoms. The Balaban J connectivity index is 2.33. The molecule has 1 aromatic heterocycles. The first kappa shape index (κ1) is 20.4. The zero-order valence-corrected chi connectivity index (χ0v) is 16.2. The van der Waals surface area contributed by atoms with Gasteiger partial charge in [0, 0.05) is 32.0 Å². The summed E-state index contributed by atoms with van der Waals surface area (Å²) in [4.78, 5) is 23.0. The van der Waals surface area contributed by atoms with Crippen LogP contribution in [0.2, 0.25) is 0 Å². The summed E-state index contributed by atoms with van der Waals surface area (Å²) in [6.45, 7) is 7.32. The number of hydrogen-bond acceptors (Lipinski definition) is 6. The van der Waals surface area contributed by atoms with Crippen molar-refractivity contribution in [2.45, 2.75) is 26.8 Å². The van der Waals surface area contributed by atoms with Crippen molar-refractivity contribution < 1.29 is 14.3 Å². The quantitative estimate of drug-likeness (QED) is 0.656. The fourth-order valence-electron chi connectivity index (χ4n) is 2.35. The van der Waals surface area contributed by atoms with Crippen LogP contribution in [-0.4, -0.2) is 48.9 Å². The van der Waals surface area contributed by atoms with Crippen LogP contribution >= 0.6 is 0 Å². The minimum Gasteiger partial charge on any atom is -0.494 e. The zero-order valence-electron chi connectivity index (χ0n) is 16.2. The van der Waals surface area contributed by atoms with E-state index in [1.807, 2.05) is 45.0 Å². The third-order valence-corrected chi connectivity index (χ3v) is 3.48. The summed E-state index contributed by atoms with van der Waals surface area (Å²) in [6, 6.07) is 8.85. The Morgan fingerprint density at radius 2 is 1.96 bits per heavy atom. The van der Waals surface area contributed by atoms with Gasteiger partial charge in [-0.25, -0.2) is 14.7 Å². The van der Waals surface area contributed by atoms with Gasteiger partial charge in [-0.2, -0.15) is 4.98 Å². The molecule has 0 saturated heterocycles. The summed E-state index contributed by atoms with van der Waals surface area (Å²) in [7, 11) is 1.59. The number of hydrogen-bond donors (Lipinski definition) is 2. The van der Waals surface area contributed by atoms with Gasteiger partial charge in [-0.15, -0.1) is 0 Å². The summed E-state index contributed by atoms with van der Waals surface area (Å²) < 4.78 is 10.5. The van der Waals surface area contributed by atoms with E-state index in [2.05, 4.69) is 20.6 Å². The van der Waals surface area contributed by atoms with Crippen molar-refractivity contribution in [1.82, 2.24) is 15.3 Å². The summed E-state index contributed by atoms with van der Waals surface area (Å²) in [5.41, 5.74) is 0.669. The molecule has 0 aliphatic carbocycles. The van der Waals surface area contributed by atoms with Crippen molar-refractivity contribution in [3.63, 3.8) is 0 Å². The van der Waals surface area contributed by atoms with Crippen LogP contribution in [0.25, 0.3) is 0 Å². The first-order chi connectivity index (χ1) is 13.0. The molecule has 2 rings (SSSR count). The Labute approximate surface area is 159 Å². The lowest BCUT2D eigenvalue weighted by Crippen LogP contribution is -2.39. The second-order valence-corrected chi connectivity index (χ2v) is 6.02. The fraction of sp³-hybridized carbons (Fsp3) is 0.421. The van der Waals surface area contributed by atoms with E-state index in [1.165, 1.54) is 4.90 Å². The van der Waals surface area contributed by atoms with Gasteiger partial charge >= 0.3 is 6.03 Å². The van der Waals surface area contributed by atoms with Gasteiger partial charge in [-0.3, -0.25) is 0 Å². The van der Waals surface area contributed by atoms with Crippen molar-refractivity contribution in [3.8, 4) is 5.75 Å². The van der Waals surface area contributed by atoms with Crippen molar-refractivity contribution >= 4 is 23.5 Å². The molecule has 0 fully saturated rings. The Morgan fingerprint density at radius 1 is 1.22 bits per heavy atom. The number of carbonyl (C=O) groups is 1. The molecule has 0 spiro atoms. The minimum atomic E-state index is -0.301. The van der Waals surface area contributed by atoms with Crippen LogP contribution < -0.4 is 20.3 Å². The lowest BCUT2D eigenvalue weighted by atomic mass is 10.2. The van der Waals surface area contributed by atoms with Gasteiger partial charge in [0.05, 0.1) is 18.9 Å². The third-order valence-electron chi connectivity index (χ3n) is 3.48. The number of carbonyl (C=O) groups excluding carboxylic acids is 1. The summed E-state index contributed by atoms with van der Waals surface area (Å²) in [5, 5.41) is 5.98. The van der Waals surface area contributed by atoms with Crippen LogP contribution in [0.4, 0.5) is 22.2 Å². The highest BCUT2D eigenvalue weighted by Gasteiger charge is 2.20. The first-order valence-corrected chi connectivity index (χ1v) is 8.94. The molecular weight excluding hydrogens is 346 g/mol. The Kier molecular flexibility index (Phi) is 7.81. The molecule has 146 valence electrons. The normalized spacial score (nSPS) is 10.6. The minimum absolute atomic E-state index is 0.176. The van der Waals surface area contributed by atoms with E-state index >= 15 is 0 Å². The lowest BCUT2D eigenvalue weighted by molar-refractivity contribution is 0.197. The SMILES string of the molecule is CCOc1ccc(N(C(=O)NCCOC)c2ccnc(NC(C)C)n2)cc1. The number of amides is 2. The summed E-state index contributed by atoms with van der Waals surface area (Å²) in [5.74, 6) is 1.67. The molecule has 0 radical (unpaired) electrons. The predicted octanol–water partition coefficient (Wildman–Crippen LogP) is 3.19. The van der Waals surface area contributed by atoms with Crippen molar-refractivity contribution in [1.29, 1.82) is 0 Å². The molecule has 0 aliphatic rings. The maximum Gasteiger partial charge on any atom is 0.327 e. The Bertz CT molecular complexity index is 722. The van der Waals surface area contributed by atoms with Crippen LogP contribution in [-0.2, 0) is 4.74 Å². The highest BCUT2D eigenvalue weighted by molar-refractivity contribution is 5.98. The van der Waals surface area contributed by atoms with Gasteiger partial charge in [-0.1, -0.05) is 0 Å². The van der Waals surface area contributed by atoms with Crippen molar-refractivity contribution in [2.24, 2.45) is 0 Å². The molecule has 2 N–H and O–H groups in total. The fourth-order valence-corrected chi connectivity index (χ4v) is 2.35. The van der Waals surface area contributed by atoms with E-state index in [4.69, 9.17) is 9.47 Å². The molecule has 27 heavy (non-hydrogen) atoms. The molecule has 0 bridgehead atoms. The van der Waals surface area contributed by atoms with E-state index in [-0.39, 0.29) is 12.1 Å². The molecule has 2 amide bonds. The van der Waals surface area contributed by atoms with E-state index < -0.39 is 0 Å². The number of ether oxygens (including phenoxy) is 2. The maximum absolute atomic E-state index is 12.8. The van der Waals surface area contributed by atoms with Crippen LogP contribution in [0, 0.1) is 0 Å². The van der Waals surface area contributed by atoms with E-state index in [0.717, 1.165) is 5.75 Å². The average Bonchev–Trinajstić information content (AvgIpc) is 2.64. The standard InChI is InChI=1S/C19H27N5O3/c1-5-27-16-8-6-15(7-9-16)24(19(25)21-12-13-26-4)17-10-11-20-18(23-17)22-14(2)3/h6-11,14H,5,12-13H2,1-4H3,(H,21,25)(H,20,22,23). The highest BCUT2D eigenvalue weighted by Crippen LogP contribution is 2.26. The summed E-state index contributed by atoms with van der Waals surface area (Å²) >= 11 is 0. The summed E-state index contributed by atoms with van der Waals surface area (Å²) in [6.07, 6.45) is 1.62. The van der Waals surface area contributed by atoms with E-state index in [0.29, 0.717) is 37.2 Å². The molecule has 2 aromatic rings. The average molecular weight is 373 g/mol. The lowest BCUT2D eigenvalue weighted by Gasteiger charge is -2.23. The number of aromatic nitrogens is 2. The molecule has 1 heterocycles. The van der Waals surface area contributed by atoms with Gasteiger partial charge in [0.2, 0.25) is 5.95 Å². The predicted molar refractivity (Wildman–Crippen MR) is 106 cm³/mol. The smallest absolute Gasteiger partial charge is 0.327 e. The zero-order chi connectivity index (χ0) is 19.6. The molecule has 1 aromatic carbocycles. The number of benzene rings is 1. The molecule has 0 saturated carbocycles. The van der Waals surface area contributed by atoms with Gasteiger partial charge in [0.15, 0.2) is 0 Å². The second-order valence-electron chi connectivity index (χ2n) is 6.02. The largest absolute Gasteiger partial charge is 0.494 e. The number of anilines is 3. The van der Waals surface area contributed by atoms with Gasteiger partial charge < -0.3 is 20.1 Å². The number of nitrogens with zero attached hydrogens (tertiary/aromatic N) is 3.